The van der Waals surface area contributed by atoms with Gasteiger partial charge in [-0.1, -0.05) is 6.07 Å². The molecule has 3 heterocycles. The van der Waals surface area contributed by atoms with Gasteiger partial charge in [-0.25, -0.2) is 0 Å². The predicted octanol–water partition coefficient (Wildman–Crippen LogP) is 1.34. The molecule has 1 aliphatic heterocycles. The fourth-order valence-electron chi connectivity index (χ4n) is 2.86. The summed E-state index contributed by atoms with van der Waals surface area (Å²) in [6.45, 7) is 4.12. The van der Waals surface area contributed by atoms with Gasteiger partial charge in [-0.2, -0.15) is 5.10 Å². The lowest BCUT2D eigenvalue weighted by atomic mass is 10.1. The van der Waals surface area contributed by atoms with Gasteiger partial charge in [0.15, 0.2) is 0 Å². The highest BCUT2D eigenvalue weighted by molar-refractivity contribution is 7.09. The molecule has 7 heteroatoms. The van der Waals surface area contributed by atoms with Gasteiger partial charge in [-0.15, -0.1) is 11.3 Å². The molecule has 0 bridgehead atoms. The normalized spacial score (nSPS) is 18.4. The Labute approximate surface area is 140 Å². The standard InChI is InChI=1S/C16H22N4O2S/c1-22-7-6-17-16(21)13-9-19(12-15-3-2-8-23-15)11-14-4-5-18-20(14)10-13/h2-5,8,13H,6-7,9-12H2,1H3,(H,17,21)/t13-/m0/s1. The first-order valence-corrected chi connectivity index (χ1v) is 8.66. The Morgan fingerprint density at radius 1 is 1.48 bits per heavy atom. The first-order valence-electron chi connectivity index (χ1n) is 7.78. The van der Waals surface area contributed by atoms with Gasteiger partial charge >= 0.3 is 0 Å². The van der Waals surface area contributed by atoms with Crippen molar-refractivity contribution in [2.45, 2.75) is 19.6 Å². The monoisotopic (exact) mass is 334 g/mol. The van der Waals surface area contributed by atoms with Gasteiger partial charge in [0.1, 0.15) is 0 Å². The van der Waals surface area contributed by atoms with Gasteiger partial charge in [-0.3, -0.25) is 14.4 Å². The number of aromatic nitrogens is 2. The van der Waals surface area contributed by atoms with Crippen LogP contribution in [-0.2, 0) is 29.2 Å². The molecule has 0 unspecified atom stereocenters. The van der Waals surface area contributed by atoms with Gasteiger partial charge in [0, 0.05) is 44.4 Å². The fourth-order valence-corrected chi connectivity index (χ4v) is 3.61. The second-order valence-electron chi connectivity index (χ2n) is 5.73. The molecule has 23 heavy (non-hydrogen) atoms. The zero-order valence-electron chi connectivity index (χ0n) is 13.3. The van der Waals surface area contributed by atoms with Crippen molar-refractivity contribution in [2.24, 2.45) is 5.92 Å². The molecule has 6 nitrogen and oxygen atoms in total. The molecule has 124 valence electrons. The van der Waals surface area contributed by atoms with E-state index >= 15 is 0 Å². The highest BCUT2D eigenvalue weighted by Gasteiger charge is 2.27. The molecule has 2 aromatic heterocycles. The number of ether oxygens (including phenoxy) is 1. The Hall–Kier alpha value is -1.70. The number of amides is 1. The maximum absolute atomic E-state index is 12.5. The summed E-state index contributed by atoms with van der Waals surface area (Å²) in [5, 5.41) is 9.41. The van der Waals surface area contributed by atoms with Crippen molar-refractivity contribution in [2.75, 3.05) is 26.8 Å². The molecule has 0 saturated heterocycles. The quantitative estimate of drug-likeness (QED) is 0.810. The molecule has 2 aromatic rings. The smallest absolute Gasteiger partial charge is 0.226 e. The average molecular weight is 334 g/mol. The van der Waals surface area contributed by atoms with E-state index in [2.05, 4.69) is 32.8 Å². The molecule has 0 aliphatic carbocycles. The summed E-state index contributed by atoms with van der Waals surface area (Å²) in [7, 11) is 1.64. The maximum Gasteiger partial charge on any atom is 0.226 e. The zero-order valence-corrected chi connectivity index (χ0v) is 14.1. The lowest BCUT2D eigenvalue weighted by molar-refractivity contribution is -0.126. The largest absolute Gasteiger partial charge is 0.383 e. The first-order chi connectivity index (χ1) is 11.3. The number of fused-ring (bicyclic) bond motifs is 1. The second-order valence-corrected chi connectivity index (χ2v) is 6.77. The van der Waals surface area contributed by atoms with Crippen LogP contribution in [-0.4, -0.2) is 47.4 Å². The number of carbonyl (C=O) groups is 1. The summed E-state index contributed by atoms with van der Waals surface area (Å²) < 4.78 is 6.95. The molecule has 0 aromatic carbocycles. The van der Waals surface area contributed by atoms with Crippen LogP contribution < -0.4 is 5.32 Å². The molecule has 0 spiro atoms. The van der Waals surface area contributed by atoms with Gasteiger partial charge in [-0.05, 0) is 17.5 Å². The predicted molar refractivity (Wildman–Crippen MR) is 89.0 cm³/mol. The van der Waals surface area contributed by atoms with E-state index in [0.29, 0.717) is 19.7 Å². The number of methoxy groups -OCH3 is 1. The van der Waals surface area contributed by atoms with Crippen molar-refractivity contribution in [3.8, 4) is 0 Å². The highest BCUT2D eigenvalue weighted by Crippen LogP contribution is 2.20. The van der Waals surface area contributed by atoms with Crippen molar-refractivity contribution in [1.29, 1.82) is 0 Å². The molecule has 0 saturated carbocycles. The lowest BCUT2D eigenvalue weighted by Gasteiger charge is -2.22. The number of hydrogen-bond donors (Lipinski definition) is 1. The van der Waals surface area contributed by atoms with Crippen LogP contribution >= 0.6 is 11.3 Å². The summed E-state index contributed by atoms with van der Waals surface area (Å²) in [5.74, 6) is -0.0328. The van der Waals surface area contributed by atoms with E-state index in [9.17, 15) is 4.79 Å². The molecule has 1 aliphatic rings. The Morgan fingerprint density at radius 3 is 3.17 bits per heavy atom. The van der Waals surface area contributed by atoms with Gasteiger partial charge < -0.3 is 10.1 Å². The van der Waals surface area contributed by atoms with Crippen LogP contribution in [0.1, 0.15) is 10.6 Å². The minimum absolute atomic E-state index is 0.0709. The SMILES string of the molecule is COCCNC(=O)[C@H]1CN(Cc2cccs2)Cc2ccnn2C1. The summed E-state index contributed by atoms with van der Waals surface area (Å²) in [6.07, 6.45) is 1.81. The zero-order chi connectivity index (χ0) is 16.1. The fraction of sp³-hybridized carbons (Fsp3) is 0.500. The number of nitrogens with zero attached hydrogens (tertiary/aromatic N) is 3. The van der Waals surface area contributed by atoms with Crippen LogP contribution in [0.25, 0.3) is 0 Å². The Kier molecular flexibility index (Phi) is 5.43. The molecule has 0 fully saturated rings. The maximum atomic E-state index is 12.5. The van der Waals surface area contributed by atoms with Crippen LogP contribution in [0.5, 0.6) is 0 Å². The van der Waals surface area contributed by atoms with Crippen molar-refractivity contribution in [1.82, 2.24) is 20.0 Å². The third kappa shape index (κ3) is 4.19. The highest BCUT2D eigenvalue weighted by atomic mass is 32.1. The number of nitrogens with one attached hydrogen (secondary N) is 1. The van der Waals surface area contributed by atoms with Crippen molar-refractivity contribution in [3.63, 3.8) is 0 Å². The van der Waals surface area contributed by atoms with Crippen LogP contribution in [0, 0.1) is 5.92 Å². The first kappa shape index (κ1) is 16.2. The Bertz CT molecular complexity index is 626. The van der Waals surface area contributed by atoms with Gasteiger partial charge in [0.25, 0.3) is 0 Å². The van der Waals surface area contributed by atoms with E-state index < -0.39 is 0 Å². The number of carbonyl (C=O) groups excluding carboxylic acids is 1. The van der Waals surface area contributed by atoms with E-state index in [1.165, 1.54) is 4.88 Å². The molecular weight excluding hydrogens is 312 g/mol. The van der Waals surface area contributed by atoms with Crippen LogP contribution in [0.15, 0.2) is 29.8 Å². The topological polar surface area (TPSA) is 59.4 Å². The van der Waals surface area contributed by atoms with E-state index in [1.807, 2.05) is 16.9 Å². The van der Waals surface area contributed by atoms with Crippen molar-refractivity contribution < 1.29 is 9.53 Å². The molecule has 1 atom stereocenters. The minimum atomic E-state index is -0.104. The molecule has 1 amide bonds. The third-order valence-electron chi connectivity index (χ3n) is 4.00. The summed E-state index contributed by atoms with van der Waals surface area (Å²) >= 11 is 1.75. The van der Waals surface area contributed by atoms with Gasteiger partial charge in [0.2, 0.25) is 5.91 Å². The Morgan fingerprint density at radius 2 is 2.39 bits per heavy atom. The third-order valence-corrected chi connectivity index (χ3v) is 4.86. The van der Waals surface area contributed by atoms with E-state index in [0.717, 1.165) is 25.3 Å². The molecule has 0 radical (unpaired) electrons. The summed E-state index contributed by atoms with van der Waals surface area (Å²) in [5.41, 5.74) is 1.16. The van der Waals surface area contributed by atoms with Crippen molar-refractivity contribution in [3.05, 3.63) is 40.3 Å². The number of hydrogen-bond acceptors (Lipinski definition) is 5. The second kappa shape index (κ2) is 7.72. The van der Waals surface area contributed by atoms with Crippen LogP contribution in [0.4, 0.5) is 0 Å². The van der Waals surface area contributed by atoms with Crippen LogP contribution in [0.3, 0.4) is 0 Å². The Balaban J connectivity index is 1.70. The molecule has 1 N–H and O–H groups in total. The van der Waals surface area contributed by atoms with E-state index in [-0.39, 0.29) is 11.8 Å². The molecule has 3 rings (SSSR count). The summed E-state index contributed by atoms with van der Waals surface area (Å²) in [6, 6.07) is 6.24. The van der Waals surface area contributed by atoms with E-state index in [1.54, 1.807) is 18.4 Å². The number of rotatable bonds is 6. The molecular formula is C16H22N4O2S. The van der Waals surface area contributed by atoms with E-state index in [4.69, 9.17) is 4.74 Å². The average Bonchev–Trinajstić information content (AvgIpc) is 3.16. The van der Waals surface area contributed by atoms with Crippen LogP contribution in [0.2, 0.25) is 0 Å². The van der Waals surface area contributed by atoms with Gasteiger partial charge in [0.05, 0.1) is 24.8 Å². The number of thiophene rings is 1. The lowest BCUT2D eigenvalue weighted by Crippen LogP contribution is -2.40. The van der Waals surface area contributed by atoms with Crippen molar-refractivity contribution >= 4 is 17.2 Å². The minimum Gasteiger partial charge on any atom is -0.383 e. The summed E-state index contributed by atoms with van der Waals surface area (Å²) in [4.78, 5) is 16.1.